The van der Waals surface area contributed by atoms with Gasteiger partial charge in [-0.05, 0) is 31.0 Å². The molecule has 0 N–H and O–H groups in total. The maximum atomic E-state index is 6.10. The lowest BCUT2D eigenvalue weighted by molar-refractivity contribution is -0.903. The van der Waals surface area contributed by atoms with E-state index in [1.807, 2.05) is 12.1 Å². The number of rotatable bonds is 13. The molecule has 1 aromatic rings. The van der Waals surface area contributed by atoms with Crippen molar-refractivity contribution in [3.63, 3.8) is 0 Å². The van der Waals surface area contributed by atoms with Gasteiger partial charge in [-0.1, -0.05) is 81.5 Å². The standard InChI is InChI=1S/C21H36Cl2N/c1-4-5-6-7-8-9-10-11-12-13-14-24(2,3)18-19-15-20(22)17-21(23)16-19/h15-17H,4-14,18H2,1-3H3/q+1. The Bertz CT molecular complexity index is 437. The quantitative estimate of drug-likeness (QED) is 0.248. The first kappa shape index (κ1) is 21.8. The van der Waals surface area contributed by atoms with E-state index >= 15 is 0 Å². The molecule has 0 saturated carbocycles. The number of halogens is 2. The van der Waals surface area contributed by atoms with Crippen LogP contribution in [0.5, 0.6) is 0 Å². The summed E-state index contributed by atoms with van der Waals surface area (Å²) in [6.45, 7) is 4.47. The fraction of sp³-hybridized carbons (Fsp3) is 0.714. The first-order valence-corrected chi connectivity index (χ1v) is 10.5. The SMILES string of the molecule is CCCCCCCCCCCC[N+](C)(C)Cc1cc(Cl)cc(Cl)c1. The summed E-state index contributed by atoms with van der Waals surface area (Å²) in [5, 5.41) is 1.47. The van der Waals surface area contributed by atoms with Crippen molar-refractivity contribution in [2.45, 2.75) is 77.7 Å². The van der Waals surface area contributed by atoms with E-state index in [0.717, 1.165) is 21.1 Å². The zero-order valence-electron chi connectivity index (χ0n) is 15.9. The average molecular weight is 373 g/mol. The normalized spacial score (nSPS) is 11.9. The lowest BCUT2D eigenvalue weighted by Crippen LogP contribution is -2.39. The van der Waals surface area contributed by atoms with Gasteiger partial charge in [0.2, 0.25) is 0 Å². The summed E-state index contributed by atoms with van der Waals surface area (Å²) >= 11 is 12.2. The lowest BCUT2D eigenvalue weighted by atomic mass is 10.1. The van der Waals surface area contributed by atoms with Gasteiger partial charge in [0.25, 0.3) is 0 Å². The van der Waals surface area contributed by atoms with E-state index in [2.05, 4.69) is 21.0 Å². The van der Waals surface area contributed by atoms with E-state index in [1.165, 1.54) is 76.3 Å². The molecule has 24 heavy (non-hydrogen) atoms. The van der Waals surface area contributed by atoms with Crippen LogP contribution in [-0.2, 0) is 6.54 Å². The topological polar surface area (TPSA) is 0 Å². The molecule has 0 aliphatic rings. The van der Waals surface area contributed by atoms with Crippen LogP contribution in [0, 0.1) is 0 Å². The van der Waals surface area contributed by atoms with E-state index in [9.17, 15) is 0 Å². The van der Waals surface area contributed by atoms with Crippen LogP contribution in [0.2, 0.25) is 10.0 Å². The molecule has 0 fully saturated rings. The predicted molar refractivity (Wildman–Crippen MR) is 109 cm³/mol. The Morgan fingerprint density at radius 2 is 1.17 bits per heavy atom. The third-order valence-electron chi connectivity index (χ3n) is 4.65. The van der Waals surface area contributed by atoms with E-state index in [0.29, 0.717) is 0 Å². The Labute approximate surface area is 159 Å². The van der Waals surface area contributed by atoms with Crippen LogP contribution in [-0.4, -0.2) is 25.1 Å². The highest BCUT2D eigenvalue weighted by atomic mass is 35.5. The molecule has 1 aromatic carbocycles. The van der Waals surface area contributed by atoms with Gasteiger partial charge in [-0.2, -0.15) is 0 Å². The molecule has 0 atom stereocenters. The molecule has 0 aromatic heterocycles. The second kappa shape index (κ2) is 12.2. The average Bonchev–Trinajstić information content (AvgIpc) is 2.47. The zero-order valence-corrected chi connectivity index (χ0v) is 17.4. The van der Waals surface area contributed by atoms with Crippen LogP contribution < -0.4 is 0 Å². The fourth-order valence-corrected chi connectivity index (χ4v) is 3.87. The number of quaternary nitrogens is 1. The molecular formula is C21H36Cl2N+. The van der Waals surface area contributed by atoms with Crippen LogP contribution in [0.1, 0.15) is 76.7 Å². The fourth-order valence-electron chi connectivity index (χ4n) is 3.30. The molecule has 0 amide bonds. The molecule has 0 radical (unpaired) electrons. The minimum absolute atomic E-state index is 0.733. The Hall–Kier alpha value is -0.240. The van der Waals surface area contributed by atoms with E-state index < -0.39 is 0 Å². The van der Waals surface area contributed by atoms with Crippen molar-refractivity contribution in [2.75, 3.05) is 20.6 Å². The Balaban J connectivity index is 2.12. The molecule has 0 saturated heterocycles. The van der Waals surface area contributed by atoms with Crippen molar-refractivity contribution in [2.24, 2.45) is 0 Å². The summed E-state index contributed by atoms with van der Waals surface area (Å²) < 4.78 is 0.994. The maximum absolute atomic E-state index is 6.10. The summed E-state index contributed by atoms with van der Waals surface area (Å²) in [7, 11) is 4.59. The number of hydrogen-bond donors (Lipinski definition) is 0. The molecule has 0 heterocycles. The summed E-state index contributed by atoms with van der Waals surface area (Å²) in [5.74, 6) is 0. The van der Waals surface area contributed by atoms with Crippen molar-refractivity contribution in [3.05, 3.63) is 33.8 Å². The van der Waals surface area contributed by atoms with Crippen LogP contribution in [0.25, 0.3) is 0 Å². The largest absolute Gasteiger partial charge is 0.325 e. The summed E-state index contributed by atoms with van der Waals surface area (Å²) in [6.07, 6.45) is 13.9. The second-order valence-electron chi connectivity index (χ2n) is 7.78. The minimum Gasteiger partial charge on any atom is -0.325 e. The van der Waals surface area contributed by atoms with E-state index in [-0.39, 0.29) is 0 Å². The Kier molecular flexibility index (Phi) is 11.1. The molecule has 138 valence electrons. The lowest BCUT2D eigenvalue weighted by Gasteiger charge is -2.30. The third-order valence-corrected chi connectivity index (χ3v) is 5.09. The maximum Gasteiger partial charge on any atom is 0.104 e. The molecule has 0 aliphatic carbocycles. The van der Waals surface area contributed by atoms with Gasteiger partial charge in [0.05, 0.1) is 20.6 Å². The van der Waals surface area contributed by atoms with Crippen molar-refractivity contribution in [1.29, 1.82) is 0 Å². The summed E-state index contributed by atoms with van der Waals surface area (Å²) in [6, 6.07) is 5.87. The van der Waals surface area contributed by atoms with E-state index in [1.54, 1.807) is 6.07 Å². The first-order chi connectivity index (χ1) is 11.4. The van der Waals surface area contributed by atoms with Gasteiger partial charge < -0.3 is 4.48 Å². The van der Waals surface area contributed by atoms with Crippen molar-refractivity contribution < 1.29 is 4.48 Å². The van der Waals surface area contributed by atoms with Crippen LogP contribution in [0.4, 0.5) is 0 Å². The van der Waals surface area contributed by atoms with Crippen molar-refractivity contribution >= 4 is 23.2 Å². The highest BCUT2D eigenvalue weighted by Crippen LogP contribution is 2.21. The minimum atomic E-state index is 0.733. The summed E-state index contributed by atoms with van der Waals surface area (Å²) in [4.78, 5) is 0. The molecule has 0 unspecified atom stereocenters. The van der Waals surface area contributed by atoms with Gasteiger partial charge >= 0.3 is 0 Å². The molecule has 0 spiro atoms. The van der Waals surface area contributed by atoms with Gasteiger partial charge in [0.1, 0.15) is 6.54 Å². The summed E-state index contributed by atoms with van der Waals surface area (Å²) in [5.41, 5.74) is 1.23. The van der Waals surface area contributed by atoms with Gasteiger partial charge in [-0.3, -0.25) is 0 Å². The van der Waals surface area contributed by atoms with Crippen molar-refractivity contribution in [3.8, 4) is 0 Å². The van der Waals surface area contributed by atoms with Gasteiger partial charge in [-0.15, -0.1) is 0 Å². The number of unbranched alkanes of at least 4 members (excludes halogenated alkanes) is 9. The highest BCUT2D eigenvalue weighted by Gasteiger charge is 2.16. The number of nitrogens with zero attached hydrogens (tertiary/aromatic N) is 1. The smallest absolute Gasteiger partial charge is 0.104 e. The van der Waals surface area contributed by atoms with Gasteiger partial charge in [0, 0.05) is 15.6 Å². The van der Waals surface area contributed by atoms with Crippen LogP contribution in [0.3, 0.4) is 0 Å². The molecule has 1 nitrogen and oxygen atoms in total. The van der Waals surface area contributed by atoms with Crippen LogP contribution in [0.15, 0.2) is 18.2 Å². The monoisotopic (exact) mass is 372 g/mol. The number of hydrogen-bond acceptors (Lipinski definition) is 0. The molecular weight excluding hydrogens is 337 g/mol. The Morgan fingerprint density at radius 1 is 0.708 bits per heavy atom. The predicted octanol–water partition coefficient (Wildman–Crippen LogP) is 7.49. The molecule has 0 bridgehead atoms. The highest BCUT2D eigenvalue weighted by molar-refractivity contribution is 6.34. The van der Waals surface area contributed by atoms with Crippen molar-refractivity contribution in [1.82, 2.24) is 0 Å². The first-order valence-electron chi connectivity index (χ1n) is 9.70. The Morgan fingerprint density at radius 3 is 1.67 bits per heavy atom. The molecule has 1 rings (SSSR count). The van der Waals surface area contributed by atoms with Crippen LogP contribution >= 0.6 is 23.2 Å². The van der Waals surface area contributed by atoms with Gasteiger partial charge in [0.15, 0.2) is 0 Å². The number of benzene rings is 1. The van der Waals surface area contributed by atoms with E-state index in [4.69, 9.17) is 23.2 Å². The molecule has 0 aliphatic heterocycles. The molecule has 3 heteroatoms. The van der Waals surface area contributed by atoms with Gasteiger partial charge in [-0.25, -0.2) is 0 Å². The second-order valence-corrected chi connectivity index (χ2v) is 8.65. The zero-order chi connectivity index (χ0) is 17.8. The third kappa shape index (κ3) is 10.6.